The summed E-state index contributed by atoms with van der Waals surface area (Å²) in [5.41, 5.74) is 1.92. The molecule has 0 radical (unpaired) electrons. The number of para-hydroxylation sites is 2. The van der Waals surface area contributed by atoms with E-state index in [4.69, 9.17) is 14.2 Å². The fourth-order valence-electron chi connectivity index (χ4n) is 3.05. The van der Waals surface area contributed by atoms with Crippen molar-refractivity contribution in [2.45, 2.75) is 13.2 Å². The highest BCUT2D eigenvalue weighted by atomic mass is 19.1. The Morgan fingerprint density at radius 3 is 2.22 bits per heavy atom. The van der Waals surface area contributed by atoms with Crippen LogP contribution in [0.4, 0.5) is 4.39 Å². The standard InChI is InChI=1S/C27H21FO4/c28-22-15-13-20(14-16-22)18-30-26-12-5-4-11-25(26)27(29)31-19-21-7-6-10-24(17-21)32-23-8-2-1-3-9-23/h1-17H,18-19H2. The zero-order valence-electron chi connectivity index (χ0n) is 17.2. The first-order chi connectivity index (χ1) is 15.7. The van der Waals surface area contributed by atoms with E-state index in [9.17, 15) is 9.18 Å². The van der Waals surface area contributed by atoms with E-state index >= 15 is 0 Å². The summed E-state index contributed by atoms with van der Waals surface area (Å²) in [5.74, 6) is 0.995. The zero-order valence-corrected chi connectivity index (χ0v) is 17.2. The molecule has 0 aromatic heterocycles. The van der Waals surface area contributed by atoms with E-state index < -0.39 is 5.97 Å². The number of hydrogen-bond acceptors (Lipinski definition) is 4. The number of carbonyl (C=O) groups excluding carboxylic acids is 1. The molecule has 32 heavy (non-hydrogen) atoms. The summed E-state index contributed by atoms with van der Waals surface area (Å²) < 4.78 is 30.2. The molecule has 0 aliphatic carbocycles. The Hall–Kier alpha value is -4.12. The third-order valence-electron chi connectivity index (χ3n) is 4.66. The van der Waals surface area contributed by atoms with Crippen molar-refractivity contribution in [3.8, 4) is 17.2 Å². The molecule has 4 rings (SSSR count). The highest BCUT2D eigenvalue weighted by Gasteiger charge is 2.14. The van der Waals surface area contributed by atoms with Crippen LogP contribution in [0, 0.1) is 5.82 Å². The third kappa shape index (κ3) is 5.73. The van der Waals surface area contributed by atoms with Gasteiger partial charge in [-0.1, -0.05) is 54.6 Å². The average molecular weight is 428 g/mol. The predicted molar refractivity (Wildman–Crippen MR) is 119 cm³/mol. The second-order valence-electron chi connectivity index (χ2n) is 7.05. The quantitative estimate of drug-likeness (QED) is 0.298. The SMILES string of the molecule is O=C(OCc1cccc(Oc2ccccc2)c1)c1ccccc1OCc1ccc(F)cc1. The molecule has 4 aromatic rings. The van der Waals surface area contributed by atoms with Gasteiger partial charge in [0, 0.05) is 0 Å². The van der Waals surface area contributed by atoms with E-state index in [1.165, 1.54) is 12.1 Å². The van der Waals surface area contributed by atoms with Crippen LogP contribution in [0.1, 0.15) is 21.5 Å². The number of esters is 1. The summed E-state index contributed by atoms with van der Waals surface area (Å²) in [4.78, 5) is 12.7. The Bertz CT molecular complexity index is 1170. The first-order valence-electron chi connectivity index (χ1n) is 10.1. The minimum atomic E-state index is -0.492. The van der Waals surface area contributed by atoms with Crippen molar-refractivity contribution in [3.63, 3.8) is 0 Å². The number of benzene rings is 4. The molecule has 0 heterocycles. The second-order valence-corrected chi connectivity index (χ2v) is 7.05. The zero-order chi connectivity index (χ0) is 22.2. The molecule has 0 fully saturated rings. The molecule has 5 heteroatoms. The van der Waals surface area contributed by atoms with Crippen molar-refractivity contribution in [2.24, 2.45) is 0 Å². The summed E-state index contributed by atoms with van der Waals surface area (Å²) in [6.45, 7) is 0.306. The smallest absolute Gasteiger partial charge is 0.342 e. The van der Waals surface area contributed by atoms with Crippen molar-refractivity contribution in [1.29, 1.82) is 0 Å². The molecule has 4 aromatic carbocycles. The largest absolute Gasteiger partial charge is 0.488 e. The fourth-order valence-corrected chi connectivity index (χ4v) is 3.05. The van der Waals surface area contributed by atoms with Gasteiger partial charge in [-0.05, 0) is 59.7 Å². The van der Waals surface area contributed by atoms with Crippen molar-refractivity contribution in [3.05, 3.63) is 126 Å². The van der Waals surface area contributed by atoms with Gasteiger partial charge < -0.3 is 14.2 Å². The lowest BCUT2D eigenvalue weighted by atomic mass is 10.2. The number of halogens is 1. The van der Waals surface area contributed by atoms with Crippen molar-refractivity contribution >= 4 is 5.97 Å². The maximum atomic E-state index is 13.1. The summed E-state index contributed by atoms with van der Waals surface area (Å²) >= 11 is 0. The summed E-state index contributed by atoms with van der Waals surface area (Å²) in [6, 6.07) is 29.7. The Balaban J connectivity index is 1.38. The number of hydrogen-bond donors (Lipinski definition) is 0. The molecule has 0 bridgehead atoms. The minimum absolute atomic E-state index is 0.0944. The van der Waals surface area contributed by atoms with E-state index in [0.29, 0.717) is 17.1 Å². The van der Waals surface area contributed by atoms with E-state index in [0.717, 1.165) is 16.9 Å². The Morgan fingerprint density at radius 1 is 0.688 bits per heavy atom. The average Bonchev–Trinajstić information content (AvgIpc) is 2.83. The molecule has 0 saturated carbocycles. The summed E-state index contributed by atoms with van der Waals surface area (Å²) in [5, 5.41) is 0. The van der Waals surface area contributed by atoms with E-state index in [1.54, 1.807) is 36.4 Å². The second kappa shape index (κ2) is 10.3. The lowest BCUT2D eigenvalue weighted by Crippen LogP contribution is -2.08. The van der Waals surface area contributed by atoms with Gasteiger partial charge in [0.1, 0.15) is 41.8 Å². The fraction of sp³-hybridized carbons (Fsp3) is 0.0741. The van der Waals surface area contributed by atoms with E-state index in [1.807, 2.05) is 54.6 Å². The number of ether oxygens (including phenoxy) is 3. The van der Waals surface area contributed by atoms with Crippen LogP contribution in [0.15, 0.2) is 103 Å². The molecule has 0 aliphatic rings. The molecule has 0 unspecified atom stereocenters. The van der Waals surface area contributed by atoms with Gasteiger partial charge in [0.2, 0.25) is 0 Å². The van der Waals surface area contributed by atoms with Crippen LogP contribution in [-0.2, 0) is 18.0 Å². The lowest BCUT2D eigenvalue weighted by Gasteiger charge is -2.12. The van der Waals surface area contributed by atoms with Crippen LogP contribution >= 0.6 is 0 Å². The van der Waals surface area contributed by atoms with Crippen LogP contribution in [0.2, 0.25) is 0 Å². The monoisotopic (exact) mass is 428 g/mol. The first kappa shape index (κ1) is 21.1. The van der Waals surface area contributed by atoms with Gasteiger partial charge in [-0.2, -0.15) is 0 Å². The topological polar surface area (TPSA) is 44.8 Å². The Kier molecular flexibility index (Phi) is 6.78. The molecule has 0 atom stereocenters. The highest BCUT2D eigenvalue weighted by molar-refractivity contribution is 5.92. The molecule has 160 valence electrons. The van der Waals surface area contributed by atoms with Gasteiger partial charge >= 0.3 is 5.97 Å². The number of rotatable bonds is 8. The summed E-state index contributed by atoms with van der Waals surface area (Å²) in [6.07, 6.45) is 0. The Labute approximate surface area is 185 Å². The molecular weight excluding hydrogens is 407 g/mol. The molecule has 4 nitrogen and oxygen atoms in total. The molecule has 0 saturated heterocycles. The first-order valence-corrected chi connectivity index (χ1v) is 10.1. The van der Waals surface area contributed by atoms with Crippen LogP contribution < -0.4 is 9.47 Å². The third-order valence-corrected chi connectivity index (χ3v) is 4.66. The van der Waals surface area contributed by atoms with Crippen molar-refractivity contribution in [2.75, 3.05) is 0 Å². The molecule has 0 aliphatic heterocycles. The predicted octanol–water partition coefficient (Wildman–Crippen LogP) is 6.55. The van der Waals surface area contributed by atoms with Gasteiger partial charge in [0.25, 0.3) is 0 Å². The van der Waals surface area contributed by atoms with E-state index in [2.05, 4.69) is 0 Å². The van der Waals surface area contributed by atoms with Gasteiger partial charge in [-0.25, -0.2) is 9.18 Å². The highest BCUT2D eigenvalue weighted by Crippen LogP contribution is 2.24. The number of carbonyl (C=O) groups is 1. The normalized spacial score (nSPS) is 10.4. The van der Waals surface area contributed by atoms with Gasteiger partial charge in [-0.3, -0.25) is 0 Å². The van der Waals surface area contributed by atoms with Gasteiger partial charge in [0.05, 0.1) is 0 Å². The Morgan fingerprint density at radius 2 is 1.41 bits per heavy atom. The molecule has 0 spiro atoms. The summed E-state index contributed by atoms with van der Waals surface area (Å²) in [7, 11) is 0. The van der Waals surface area contributed by atoms with Crippen molar-refractivity contribution in [1.82, 2.24) is 0 Å². The molecule has 0 amide bonds. The van der Waals surface area contributed by atoms with Gasteiger partial charge in [-0.15, -0.1) is 0 Å². The van der Waals surface area contributed by atoms with Crippen LogP contribution in [0.5, 0.6) is 17.2 Å². The van der Waals surface area contributed by atoms with E-state index in [-0.39, 0.29) is 19.0 Å². The van der Waals surface area contributed by atoms with Crippen LogP contribution in [0.25, 0.3) is 0 Å². The van der Waals surface area contributed by atoms with Crippen LogP contribution in [-0.4, -0.2) is 5.97 Å². The molecular formula is C27H21FO4. The van der Waals surface area contributed by atoms with Crippen molar-refractivity contribution < 1.29 is 23.4 Å². The maximum Gasteiger partial charge on any atom is 0.342 e. The minimum Gasteiger partial charge on any atom is -0.488 e. The molecule has 0 N–H and O–H groups in total. The van der Waals surface area contributed by atoms with Crippen LogP contribution in [0.3, 0.4) is 0 Å². The maximum absolute atomic E-state index is 13.1. The lowest BCUT2D eigenvalue weighted by molar-refractivity contribution is 0.0467. The van der Waals surface area contributed by atoms with Gasteiger partial charge in [0.15, 0.2) is 0 Å².